The minimum absolute atomic E-state index is 0.116. The molecule has 182 valence electrons. The van der Waals surface area contributed by atoms with E-state index in [1.165, 1.54) is 19.1 Å². The summed E-state index contributed by atoms with van der Waals surface area (Å²) in [6, 6.07) is 13.3. The van der Waals surface area contributed by atoms with Crippen LogP contribution in [0, 0.1) is 11.6 Å². The molecule has 0 unspecified atom stereocenters. The monoisotopic (exact) mass is 506 g/mol. The lowest BCUT2D eigenvalue weighted by Gasteiger charge is -2.13. The number of nitrogens with two attached hydrogens (primary N) is 1. The molecule has 0 bridgehead atoms. The van der Waals surface area contributed by atoms with Crippen LogP contribution in [0.5, 0.6) is 0 Å². The van der Waals surface area contributed by atoms with Crippen molar-refractivity contribution in [2.45, 2.75) is 6.92 Å². The predicted molar refractivity (Wildman–Crippen MR) is 135 cm³/mol. The molecule has 36 heavy (non-hydrogen) atoms. The van der Waals surface area contributed by atoms with Crippen LogP contribution in [0.25, 0.3) is 39.1 Å². The van der Waals surface area contributed by atoms with Crippen LogP contribution in [0.15, 0.2) is 73.3 Å². The van der Waals surface area contributed by atoms with Crippen molar-refractivity contribution >= 4 is 32.7 Å². The lowest BCUT2D eigenvalue weighted by Crippen LogP contribution is -2.15. The first-order valence-electron chi connectivity index (χ1n) is 10.9. The molecule has 0 fully saturated rings. The van der Waals surface area contributed by atoms with E-state index in [1.54, 1.807) is 41.5 Å². The van der Waals surface area contributed by atoms with Gasteiger partial charge in [-0.25, -0.2) is 32.2 Å². The molecule has 5 aromatic rings. The first kappa shape index (κ1) is 23.4. The van der Waals surface area contributed by atoms with Gasteiger partial charge in [-0.15, -0.1) is 0 Å². The van der Waals surface area contributed by atoms with Crippen LogP contribution < -0.4 is 10.5 Å². The Kier molecular flexibility index (Phi) is 5.84. The summed E-state index contributed by atoms with van der Waals surface area (Å²) < 4.78 is 56.8. The van der Waals surface area contributed by atoms with Gasteiger partial charge in [-0.2, -0.15) is 0 Å². The number of anilines is 2. The Morgan fingerprint density at radius 3 is 2.53 bits per heavy atom. The molecule has 0 saturated carbocycles. The van der Waals surface area contributed by atoms with E-state index in [-0.39, 0.29) is 17.0 Å². The summed E-state index contributed by atoms with van der Waals surface area (Å²) in [5.74, 6) is -1.25. The van der Waals surface area contributed by atoms with Gasteiger partial charge in [0, 0.05) is 29.6 Å². The predicted octanol–water partition coefficient (Wildman–Crippen LogP) is 4.77. The minimum Gasteiger partial charge on any atom is -0.384 e. The van der Waals surface area contributed by atoms with Gasteiger partial charge in [0.1, 0.15) is 29.3 Å². The average molecular weight is 507 g/mol. The lowest BCUT2D eigenvalue weighted by atomic mass is 10.0. The highest BCUT2D eigenvalue weighted by Crippen LogP contribution is 2.31. The number of fused-ring (bicyclic) bond motifs is 1. The number of nitrogens with zero attached hydrogens (tertiary/aromatic N) is 4. The Balaban J connectivity index is 1.65. The molecule has 0 saturated heterocycles. The van der Waals surface area contributed by atoms with Gasteiger partial charge in [0.25, 0.3) is 0 Å². The Hall–Kier alpha value is -4.38. The highest BCUT2D eigenvalue weighted by atomic mass is 32.2. The zero-order chi connectivity index (χ0) is 25.4. The van der Waals surface area contributed by atoms with Crippen molar-refractivity contribution in [2.24, 2.45) is 0 Å². The summed E-state index contributed by atoms with van der Waals surface area (Å²) in [6.07, 6.45) is 4.81. The normalized spacial score (nSPS) is 11.6. The number of hydrogen-bond donors (Lipinski definition) is 2. The number of hydrogen-bond acceptors (Lipinski definition) is 6. The molecule has 0 amide bonds. The van der Waals surface area contributed by atoms with Crippen LogP contribution in [-0.2, 0) is 10.0 Å². The van der Waals surface area contributed by atoms with Gasteiger partial charge in [0.15, 0.2) is 5.65 Å². The highest BCUT2D eigenvalue weighted by molar-refractivity contribution is 7.92. The topological polar surface area (TPSA) is 116 Å². The summed E-state index contributed by atoms with van der Waals surface area (Å²) in [5, 5.41) is 0. The Labute approximate surface area is 205 Å². The third-order valence-corrected chi connectivity index (χ3v) is 6.90. The fraction of sp³-hybridized carbons (Fsp3) is 0.0800. The van der Waals surface area contributed by atoms with Crippen LogP contribution in [0.2, 0.25) is 0 Å². The zero-order valence-corrected chi connectivity index (χ0v) is 19.8. The van der Waals surface area contributed by atoms with Crippen molar-refractivity contribution in [3.8, 4) is 27.9 Å². The molecule has 5 rings (SSSR count). The van der Waals surface area contributed by atoms with Crippen LogP contribution >= 0.6 is 0 Å². The molecule has 0 spiro atoms. The molecule has 0 radical (unpaired) electrons. The SMILES string of the molecule is CCS(=O)(=O)Nc1cc(-c2ccc(F)cc2F)cc(-n2cnc3cc(-c4ccnc(N)c4)cnc32)c1. The number of halogens is 2. The number of aromatic nitrogens is 4. The maximum Gasteiger partial charge on any atom is 0.232 e. The second-order valence-electron chi connectivity index (χ2n) is 8.05. The van der Waals surface area contributed by atoms with E-state index >= 15 is 0 Å². The van der Waals surface area contributed by atoms with Crippen molar-refractivity contribution in [1.82, 2.24) is 19.5 Å². The van der Waals surface area contributed by atoms with Crippen molar-refractivity contribution in [3.63, 3.8) is 0 Å². The molecular formula is C25H20F2N6O2S. The molecular weight excluding hydrogens is 486 g/mol. The van der Waals surface area contributed by atoms with Gasteiger partial charge in [-0.05, 0) is 66.6 Å². The number of imidazole rings is 1. The quantitative estimate of drug-likeness (QED) is 0.343. The van der Waals surface area contributed by atoms with Crippen LogP contribution in [0.3, 0.4) is 0 Å². The van der Waals surface area contributed by atoms with Crippen molar-refractivity contribution in [2.75, 3.05) is 16.2 Å². The van der Waals surface area contributed by atoms with Crippen LogP contribution in [0.4, 0.5) is 20.3 Å². The minimum atomic E-state index is -3.62. The van der Waals surface area contributed by atoms with Crippen LogP contribution in [-0.4, -0.2) is 33.7 Å². The van der Waals surface area contributed by atoms with E-state index < -0.39 is 21.7 Å². The molecule has 0 aliphatic carbocycles. The van der Waals surface area contributed by atoms with E-state index in [4.69, 9.17) is 5.73 Å². The van der Waals surface area contributed by atoms with Gasteiger partial charge in [0.2, 0.25) is 10.0 Å². The fourth-order valence-corrected chi connectivity index (χ4v) is 4.44. The average Bonchev–Trinajstić information content (AvgIpc) is 3.27. The Morgan fingerprint density at radius 2 is 1.78 bits per heavy atom. The van der Waals surface area contributed by atoms with Gasteiger partial charge in [-0.3, -0.25) is 9.29 Å². The highest BCUT2D eigenvalue weighted by Gasteiger charge is 2.15. The molecule has 2 aromatic carbocycles. The largest absolute Gasteiger partial charge is 0.384 e. The number of sulfonamides is 1. The van der Waals surface area contributed by atoms with E-state index in [1.807, 2.05) is 12.1 Å². The van der Waals surface area contributed by atoms with Gasteiger partial charge in [0.05, 0.1) is 17.1 Å². The molecule has 11 heteroatoms. The molecule has 0 aliphatic rings. The molecule has 3 heterocycles. The first-order chi connectivity index (χ1) is 17.2. The van der Waals surface area contributed by atoms with E-state index in [0.717, 1.165) is 23.3 Å². The summed E-state index contributed by atoms with van der Waals surface area (Å²) in [5.41, 5.74) is 9.67. The fourth-order valence-electron chi connectivity index (χ4n) is 3.82. The second-order valence-corrected chi connectivity index (χ2v) is 10.1. The number of rotatable bonds is 6. The Bertz CT molecular complexity index is 1720. The van der Waals surface area contributed by atoms with Gasteiger partial charge in [-0.1, -0.05) is 0 Å². The second kappa shape index (κ2) is 9.00. The Morgan fingerprint density at radius 1 is 0.944 bits per heavy atom. The number of pyridine rings is 2. The lowest BCUT2D eigenvalue weighted by molar-refractivity contribution is 0.585. The third-order valence-electron chi connectivity index (χ3n) is 5.59. The molecule has 0 atom stereocenters. The van der Waals surface area contributed by atoms with Crippen molar-refractivity contribution < 1.29 is 17.2 Å². The van der Waals surface area contributed by atoms with Crippen molar-refractivity contribution in [1.29, 1.82) is 0 Å². The standard InChI is InChI=1S/C25H20F2N6O2S/c1-2-36(34,35)32-19-7-16(21-4-3-18(26)11-22(21)27)8-20(12-19)33-14-31-23-9-17(13-30-25(23)33)15-5-6-29-24(28)10-15/h3-14,32H,2H2,1H3,(H2,28,29). The maximum absolute atomic E-state index is 14.6. The smallest absolute Gasteiger partial charge is 0.232 e. The summed E-state index contributed by atoms with van der Waals surface area (Å²) in [7, 11) is -3.62. The van der Waals surface area contributed by atoms with Gasteiger partial charge < -0.3 is 5.73 Å². The van der Waals surface area contributed by atoms with E-state index in [0.29, 0.717) is 28.2 Å². The van der Waals surface area contributed by atoms with Crippen molar-refractivity contribution in [3.05, 3.63) is 85.0 Å². The first-order valence-corrected chi connectivity index (χ1v) is 12.5. The summed E-state index contributed by atoms with van der Waals surface area (Å²) in [6.45, 7) is 1.51. The zero-order valence-electron chi connectivity index (χ0n) is 19.0. The number of nitrogens with one attached hydrogen (secondary N) is 1. The molecule has 0 aliphatic heterocycles. The van der Waals surface area contributed by atoms with E-state index in [9.17, 15) is 17.2 Å². The number of nitrogen functional groups attached to an aromatic ring is 1. The van der Waals surface area contributed by atoms with E-state index in [2.05, 4.69) is 19.7 Å². The maximum atomic E-state index is 14.6. The summed E-state index contributed by atoms with van der Waals surface area (Å²) >= 11 is 0. The molecule has 8 nitrogen and oxygen atoms in total. The molecule has 3 aromatic heterocycles. The third kappa shape index (κ3) is 4.60. The summed E-state index contributed by atoms with van der Waals surface area (Å²) in [4.78, 5) is 13.0. The van der Waals surface area contributed by atoms with Crippen LogP contribution in [0.1, 0.15) is 6.92 Å². The number of benzene rings is 2. The van der Waals surface area contributed by atoms with Gasteiger partial charge >= 0.3 is 0 Å². The molecule has 3 N–H and O–H groups in total.